The van der Waals surface area contributed by atoms with Gasteiger partial charge in [-0.3, -0.25) is 4.79 Å². The molecule has 1 heterocycles. The minimum Gasteiger partial charge on any atom is -0.489 e. The molecule has 0 unspecified atom stereocenters. The lowest BCUT2D eigenvalue weighted by molar-refractivity contribution is 0.0994. The van der Waals surface area contributed by atoms with E-state index in [0.717, 1.165) is 27.9 Å². The predicted octanol–water partition coefficient (Wildman–Crippen LogP) is 3.32. The van der Waals surface area contributed by atoms with Crippen molar-refractivity contribution in [3.05, 3.63) is 58.2 Å². The van der Waals surface area contributed by atoms with Gasteiger partial charge >= 0.3 is 0 Å². The molecule has 0 saturated carbocycles. The van der Waals surface area contributed by atoms with Crippen molar-refractivity contribution in [2.45, 2.75) is 20.4 Å². The number of benzene rings is 1. The fourth-order valence-electron chi connectivity index (χ4n) is 2.20. The molecule has 0 atom stereocenters. The van der Waals surface area contributed by atoms with Gasteiger partial charge in [0.15, 0.2) is 11.5 Å². The molecule has 0 bridgehead atoms. The third kappa shape index (κ3) is 5.29. The molecule has 2 aromatic rings. The van der Waals surface area contributed by atoms with Gasteiger partial charge in [0, 0.05) is 23.1 Å². The Morgan fingerprint density at radius 2 is 2.08 bits per heavy atom. The summed E-state index contributed by atoms with van der Waals surface area (Å²) in [6.07, 6.45) is 0. The quantitative estimate of drug-likeness (QED) is 0.682. The van der Waals surface area contributed by atoms with Gasteiger partial charge < -0.3 is 15.4 Å². The number of carbonyl (C=O) groups is 1. The number of hydrogen-bond donors (Lipinski definition) is 1. The first-order chi connectivity index (χ1) is 11.9. The number of aromatic nitrogens is 2. The number of carbonyl (C=O) groups excluding carboxylic acids is 1. The SMILES string of the molecule is C=C(C)COc1ccc(Br)cc1CN(CC)c1ccc(C(N)=O)nn1. The Hall–Kier alpha value is -2.41. The number of ether oxygens (including phenoxy) is 1. The fourth-order valence-corrected chi connectivity index (χ4v) is 2.61. The number of amides is 1. The van der Waals surface area contributed by atoms with Crippen LogP contribution in [-0.2, 0) is 6.54 Å². The summed E-state index contributed by atoms with van der Waals surface area (Å²) in [5, 5.41) is 7.97. The lowest BCUT2D eigenvalue weighted by Crippen LogP contribution is -2.24. The Morgan fingerprint density at radius 3 is 2.64 bits per heavy atom. The van der Waals surface area contributed by atoms with Crippen molar-refractivity contribution in [2.75, 3.05) is 18.1 Å². The second-order valence-corrected chi connectivity index (χ2v) is 6.57. The molecule has 0 aliphatic rings. The Morgan fingerprint density at radius 1 is 1.32 bits per heavy atom. The van der Waals surface area contributed by atoms with Crippen LogP contribution in [0.15, 0.2) is 47.0 Å². The van der Waals surface area contributed by atoms with Crippen molar-refractivity contribution in [3.63, 3.8) is 0 Å². The highest BCUT2D eigenvalue weighted by Gasteiger charge is 2.13. The monoisotopic (exact) mass is 404 g/mol. The van der Waals surface area contributed by atoms with E-state index in [1.807, 2.05) is 36.9 Å². The van der Waals surface area contributed by atoms with Crippen molar-refractivity contribution in [1.29, 1.82) is 0 Å². The third-order valence-corrected chi connectivity index (χ3v) is 3.96. The number of nitrogens with two attached hydrogens (primary N) is 1. The maximum atomic E-state index is 11.1. The van der Waals surface area contributed by atoms with E-state index in [1.54, 1.807) is 12.1 Å². The zero-order valence-electron chi connectivity index (χ0n) is 14.3. The molecular formula is C18H21BrN4O2. The second kappa shape index (κ2) is 8.62. The molecule has 6 nitrogen and oxygen atoms in total. The summed E-state index contributed by atoms with van der Waals surface area (Å²) in [6.45, 7) is 9.59. The van der Waals surface area contributed by atoms with Crippen molar-refractivity contribution in [3.8, 4) is 5.75 Å². The lowest BCUT2D eigenvalue weighted by Gasteiger charge is -2.23. The summed E-state index contributed by atoms with van der Waals surface area (Å²) in [6, 6.07) is 9.20. The van der Waals surface area contributed by atoms with Gasteiger partial charge in [-0.1, -0.05) is 22.5 Å². The van der Waals surface area contributed by atoms with Crippen molar-refractivity contribution < 1.29 is 9.53 Å². The van der Waals surface area contributed by atoms with Crippen molar-refractivity contribution in [1.82, 2.24) is 10.2 Å². The fraction of sp³-hybridized carbons (Fsp3) is 0.278. The van der Waals surface area contributed by atoms with Crippen LogP contribution in [0.25, 0.3) is 0 Å². The molecule has 0 spiro atoms. The van der Waals surface area contributed by atoms with E-state index in [9.17, 15) is 4.79 Å². The molecular weight excluding hydrogens is 384 g/mol. The molecule has 25 heavy (non-hydrogen) atoms. The van der Waals surface area contributed by atoms with Crippen LogP contribution < -0.4 is 15.4 Å². The van der Waals surface area contributed by atoms with E-state index in [0.29, 0.717) is 19.0 Å². The summed E-state index contributed by atoms with van der Waals surface area (Å²) >= 11 is 3.50. The van der Waals surface area contributed by atoms with Crippen LogP contribution in [0.2, 0.25) is 0 Å². The van der Waals surface area contributed by atoms with Gasteiger partial charge in [0.2, 0.25) is 0 Å². The molecule has 0 fully saturated rings. The predicted molar refractivity (Wildman–Crippen MR) is 102 cm³/mol. The van der Waals surface area contributed by atoms with Crippen LogP contribution >= 0.6 is 15.9 Å². The number of nitrogens with zero attached hydrogens (tertiary/aromatic N) is 3. The first-order valence-corrected chi connectivity index (χ1v) is 8.64. The molecule has 0 aliphatic carbocycles. The zero-order valence-corrected chi connectivity index (χ0v) is 15.9. The first-order valence-electron chi connectivity index (χ1n) is 7.84. The number of anilines is 1. The number of halogens is 1. The summed E-state index contributed by atoms with van der Waals surface area (Å²) in [5.74, 6) is 0.870. The normalized spacial score (nSPS) is 10.4. The number of hydrogen-bond acceptors (Lipinski definition) is 5. The Labute approximate surface area is 155 Å². The van der Waals surface area contributed by atoms with E-state index in [2.05, 4.69) is 32.7 Å². The molecule has 132 valence electrons. The average Bonchev–Trinajstić information content (AvgIpc) is 2.58. The van der Waals surface area contributed by atoms with Crippen molar-refractivity contribution in [2.24, 2.45) is 5.73 Å². The standard InChI is InChI=1S/C18H21BrN4O2/c1-4-23(17-8-6-15(18(20)24)21-22-17)10-13-9-14(19)5-7-16(13)25-11-12(2)3/h5-9H,2,4,10-11H2,1,3H3,(H2,20,24). The molecule has 1 amide bonds. The molecule has 7 heteroatoms. The third-order valence-electron chi connectivity index (χ3n) is 3.47. The topological polar surface area (TPSA) is 81.3 Å². The van der Waals surface area contributed by atoms with Gasteiger partial charge in [-0.05, 0) is 49.8 Å². The minimum atomic E-state index is -0.593. The van der Waals surface area contributed by atoms with Gasteiger partial charge in [0.05, 0.1) is 0 Å². The van der Waals surface area contributed by atoms with Gasteiger partial charge in [0.1, 0.15) is 12.4 Å². The van der Waals surface area contributed by atoms with E-state index >= 15 is 0 Å². The summed E-state index contributed by atoms with van der Waals surface area (Å²) in [5.41, 5.74) is 7.32. The molecule has 2 N–H and O–H groups in total. The minimum absolute atomic E-state index is 0.146. The largest absolute Gasteiger partial charge is 0.489 e. The van der Waals surface area contributed by atoms with Gasteiger partial charge in [-0.2, -0.15) is 0 Å². The van der Waals surface area contributed by atoms with Crippen LogP contribution in [0.5, 0.6) is 5.75 Å². The Bertz CT molecular complexity index is 762. The Balaban J connectivity index is 2.24. The summed E-state index contributed by atoms with van der Waals surface area (Å²) < 4.78 is 6.81. The van der Waals surface area contributed by atoms with E-state index in [-0.39, 0.29) is 5.69 Å². The van der Waals surface area contributed by atoms with E-state index < -0.39 is 5.91 Å². The maximum absolute atomic E-state index is 11.1. The highest BCUT2D eigenvalue weighted by atomic mass is 79.9. The van der Waals surface area contributed by atoms with Crippen LogP contribution in [0.3, 0.4) is 0 Å². The number of primary amides is 1. The lowest BCUT2D eigenvalue weighted by atomic mass is 10.2. The van der Waals surface area contributed by atoms with Gasteiger partial charge in [0.25, 0.3) is 5.91 Å². The second-order valence-electron chi connectivity index (χ2n) is 5.65. The summed E-state index contributed by atoms with van der Waals surface area (Å²) in [4.78, 5) is 13.2. The maximum Gasteiger partial charge on any atom is 0.269 e. The van der Waals surface area contributed by atoms with Gasteiger partial charge in [-0.25, -0.2) is 0 Å². The Kier molecular flexibility index (Phi) is 6.52. The number of rotatable bonds is 8. The smallest absolute Gasteiger partial charge is 0.269 e. The van der Waals surface area contributed by atoms with Crippen LogP contribution in [0.1, 0.15) is 29.9 Å². The highest BCUT2D eigenvalue weighted by Crippen LogP contribution is 2.26. The molecule has 2 rings (SSSR count). The van der Waals surface area contributed by atoms with Crippen molar-refractivity contribution >= 4 is 27.7 Å². The zero-order chi connectivity index (χ0) is 18.4. The van der Waals surface area contributed by atoms with Crippen LogP contribution in [-0.4, -0.2) is 29.3 Å². The molecule has 0 saturated heterocycles. The molecule has 1 aromatic heterocycles. The van der Waals surface area contributed by atoms with Crippen LogP contribution in [0.4, 0.5) is 5.82 Å². The van der Waals surface area contributed by atoms with E-state index in [4.69, 9.17) is 10.5 Å². The molecule has 0 radical (unpaired) electrons. The highest BCUT2D eigenvalue weighted by molar-refractivity contribution is 9.10. The van der Waals surface area contributed by atoms with E-state index in [1.165, 1.54) is 0 Å². The van der Waals surface area contributed by atoms with Gasteiger partial charge in [-0.15, -0.1) is 10.2 Å². The first kappa shape index (κ1) is 18.9. The molecule has 1 aromatic carbocycles. The molecule has 0 aliphatic heterocycles. The van der Waals surface area contributed by atoms with Crippen LogP contribution in [0, 0.1) is 0 Å². The average molecular weight is 405 g/mol. The summed E-state index contributed by atoms with van der Waals surface area (Å²) in [7, 11) is 0.